The molecule has 2 aliphatic heterocycles. The van der Waals surface area contributed by atoms with Crippen LogP contribution < -0.4 is 11.1 Å². The molecule has 128 valence electrons. The number of hydrogen-bond donors (Lipinski definition) is 2. The van der Waals surface area contributed by atoms with E-state index < -0.39 is 0 Å². The average molecular weight is 324 g/mol. The summed E-state index contributed by atoms with van der Waals surface area (Å²) < 4.78 is 15.9. The van der Waals surface area contributed by atoms with Crippen LogP contribution in [0, 0.1) is 0 Å². The lowest BCUT2D eigenvalue weighted by atomic mass is 10.1. The first-order valence-electron chi connectivity index (χ1n) is 7.55. The summed E-state index contributed by atoms with van der Waals surface area (Å²) >= 11 is 0. The highest BCUT2D eigenvalue weighted by Crippen LogP contribution is 2.20. The van der Waals surface area contributed by atoms with Crippen LogP contribution in [-0.2, 0) is 19.0 Å². The quantitative estimate of drug-likeness (QED) is 0.538. The van der Waals surface area contributed by atoms with E-state index in [-0.39, 0.29) is 17.8 Å². The number of nitrogens with zero attached hydrogens (tertiary/aromatic N) is 2. The fraction of sp³-hybridized carbons (Fsp3) is 0.600. The van der Waals surface area contributed by atoms with Crippen molar-refractivity contribution in [3.05, 3.63) is 22.9 Å². The Morgan fingerprint density at radius 3 is 2.96 bits per heavy atom. The highest BCUT2D eigenvalue weighted by atomic mass is 16.5. The molecule has 2 aliphatic rings. The van der Waals surface area contributed by atoms with E-state index in [2.05, 4.69) is 10.3 Å². The minimum absolute atomic E-state index is 0.142. The lowest BCUT2D eigenvalue weighted by Gasteiger charge is -2.35. The summed E-state index contributed by atoms with van der Waals surface area (Å²) in [5.74, 6) is 0.654. The highest BCUT2D eigenvalue weighted by molar-refractivity contribution is 5.94. The van der Waals surface area contributed by atoms with Crippen LogP contribution in [0.25, 0.3) is 0 Å². The largest absolute Gasteiger partial charge is 0.497 e. The monoisotopic (exact) mass is 324 g/mol. The number of rotatable bonds is 6. The second-order valence-corrected chi connectivity index (χ2v) is 5.31. The maximum absolute atomic E-state index is 12.6. The van der Waals surface area contributed by atoms with E-state index >= 15 is 0 Å². The van der Waals surface area contributed by atoms with E-state index in [0.29, 0.717) is 31.9 Å². The standard InChI is InChI=1S/C15H24N4O4/c1-10(18-12-5-7-22-8-13(12)21-3)19-6-4-11(16)14(15(19)20)23-9-17-2/h9-10,18H,4-8,16H2,1-3H3. The topological polar surface area (TPSA) is 98.4 Å². The van der Waals surface area contributed by atoms with Gasteiger partial charge in [-0.1, -0.05) is 0 Å². The van der Waals surface area contributed by atoms with Gasteiger partial charge < -0.3 is 30.2 Å². The number of carbonyl (C=O) groups is 1. The molecular weight excluding hydrogens is 300 g/mol. The highest BCUT2D eigenvalue weighted by Gasteiger charge is 2.31. The Hall–Kier alpha value is -2.22. The molecule has 0 saturated heterocycles. The lowest BCUT2D eigenvalue weighted by molar-refractivity contribution is -0.133. The first-order valence-corrected chi connectivity index (χ1v) is 7.55. The Bertz CT molecular complexity index is 542. The van der Waals surface area contributed by atoms with Gasteiger partial charge in [-0.15, -0.1) is 0 Å². The van der Waals surface area contributed by atoms with E-state index in [1.807, 2.05) is 6.92 Å². The number of nitrogens with two attached hydrogens (primary N) is 1. The van der Waals surface area contributed by atoms with Gasteiger partial charge in [0.2, 0.25) is 5.76 Å². The molecule has 23 heavy (non-hydrogen) atoms. The molecule has 0 fully saturated rings. The second kappa shape index (κ2) is 7.87. The molecule has 8 heteroatoms. The van der Waals surface area contributed by atoms with E-state index in [4.69, 9.17) is 19.9 Å². The van der Waals surface area contributed by atoms with Crippen LogP contribution >= 0.6 is 0 Å². The molecule has 2 rings (SSSR count). The van der Waals surface area contributed by atoms with Crippen molar-refractivity contribution in [2.45, 2.75) is 25.9 Å². The number of amides is 1. The zero-order chi connectivity index (χ0) is 16.8. The molecular formula is C15H24N4O4. The van der Waals surface area contributed by atoms with Gasteiger partial charge in [0.15, 0.2) is 6.40 Å². The predicted molar refractivity (Wildman–Crippen MR) is 85.1 cm³/mol. The predicted octanol–water partition coefficient (Wildman–Crippen LogP) is 0.278. The molecule has 0 radical (unpaired) electrons. The van der Waals surface area contributed by atoms with Crippen LogP contribution in [0.15, 0.2) is 27.9 Å². The molecule has 0 aromatic carbocycles. The first-order chi connectivity index (χ1) is 11.1. The van der Waals surface area contributed by atoms with Gasteiger partial charge in [-0.25, -0.2) is 0 Å². The van der Waals surface area contributed by atoms with E-state index in [1.165, 1.54) is 6.40 Å². The maximum atomic E-state index is 12.6. The van der Waals surface area contributed by atoms with Gasteiger partial charge in [0.1, 0.15) is 12.4 Å². The minimum Gasteiger partial charge on any atom is -0.497 e. The molecule has 8 nitrogen and oxygen atoms in total. The van der Waals surface area contributed by atoms with E-state index in [9.17, 15) is 4.79 Å². The summed E-state index contributed by atoms with van der Waals surface area (Å²) in [5.41, 5.74) is 7.28. The zero-order valence-electron chi connectivity index (χ0n) is 13.8. The van der Waals surface area contributed by atoms with Crippen LogP contribution in [-0.4, -0.2) is 57.3 Å². The summed E-state index contributed by atoms with van der Waals surface area (Å²) in [4.78, 5) is 18.0. The van der Waals surface area contributed by atoms with Crippen molar-refractivity contribution in [2.24, 2.45) is 10.7 Å². The summed E-state index contributed by atoms with van der Waals surface area (Å²) in [7, 11) is 3.18. The maximum Gasteiger partial charge on any atom is 0.293 e. The lowest BCUT2D eigenvalue weighted by Crippen LogP contribution is -2.51. The van der Waals surface area contributed by atoms with Crippen molar-refractivity contribution < 1.29 is 19.0 Å². The van der Waals surface area contributed by atoms with Gasteiger partial charge >= 0.3 is 0 Å². The Balaban J connectivity index is 2.09. The molecule has 1 amide bonds. The molecule has 0 saturated carbocycles. The molecule has 0 bridgehead atoms. The second-order valence-electron chi connectivity index (χ2n) is 5.31. The van der Waals surface area contributed by atoms with Crippen LogP contribution in [0.2, 0.25) is 0 Å². The van der Waals surface area contributed by atoms with Crippen molar-refractivity contribution in [1.82, 2.24) is 10.2 Å². The van der Waals surface area contributed by atoms with Gasteiger partial charge in [-0.3, -0.25) is 9.79 Å². The fourth-order valence-electron chi connectivity index (χ4n) is 2.56. The molecule has 2 heterocycles. The average Bonchev–Trinajstić information content (AvgIpc) is 2.55. The van der Waals surface area contributed by atoms with Gasteiger partial charge in [0.25, 0.3) is 5.91 Å². The molecule has 0 spiro atoms. The molecule has 0 aromatic rings. The van der Waals surface area contributed by atoms with Gasteiger partial charge in [0, 0.05) is 26.4 Å². The SMILES string of the molecule is CN=COC1=C(N)CCN(C(C)NC2=C(OC)COCC2)C1=O. The van der Waals surface area contributed by atoms with Crippen molar-refractivity contribution in [1.29, 1.82) is 0 Å². The van der Waals surface area contributed by atoms with Crippen molar-refractivity contribution in [3.63, 3.8) is 0 Å². The third-order valence-corrected chi connectivity index (χ3v) is 3.81. The van der Waals surface area contributed by atoms with E-state index in [0.717, 1.165) is 17.9 Å². The third kappa shape index (κ3) is 3.95. The summed E-state index contributed by atoms with van der Waals surface area (Å²) in [6.45, 7) is 3.51. The third-order valence-electron chi connectivity index (χ3n) is 3.81. The number of carbonyl (C=O) groups excluding carboxylic acids is 1. The van der Waals surface area contributed by atoms with Crippen LogP contribution in [0.4, 0.5) is 0 Å². The van der Waals surface area contributed by atoms with Gasteiger partial charge in [-0.05, 0) is 6.92 Å². The zero-order valence-corrected chi connectivity index (χ0v) is 13.8. The number of ether oxygens (including phenoxy) is 3. The van der Waals surface area contributed by atoms with Crippen LogP contribution in [0.5, 0.6) is 0 Å². The van der Waals surface area contributed by atoms with Gasteiger partial charge in [0.05, 0.1) is 31.3 Å². The molecule has 3 N–H and O–H groups in total. The number of hydrogen-bond acceptors (Lipinski definition) is 7. The smallest absolute Gasteiger partial charge is 0.293 e. The Labute approximate surface area is 136 Å². The molecule has 1 atom stereocenters. The normalized spacial score (nSPS) is 21.0. The molecule has 0 aromatic heterocycles. The minimum atomic E-state index is -0.250. The number of aliphatic imine (C=N–C) groups is 1. The fourth-order valence-corrected chi connectivity index (χ4v) is 2.56. The Morgan fingerprint density at radius 1 is 1.48 bits per heavy atom. The van der Waals surface area contributed by atoms with Crippen LogP contribution in [0.3, 0.4) is 0 Å². The number of methoxy groups -OCH3 is 1. The first kappa shape index (κ1) is 17.1. The van der Waals surface area contributed by atoms with Crippen molar-refractivity contribution in [3.8, 4) is 0 Å². The van der Waals surface area contributed by atoms with E-state index in [1.54, 1.807) is 19.1 Å². The summed E-state index contributed by atoms with van der Waals surface area (Å²) in [5, 5.41) is 3.34. The summed E-state index contributed by atoms with van der Waals surface area (Å²) in [6.07, 6.45) is 2.28. The molecule has 1 unspecified atom stereocenters. The van der Waals surface area contributed by atoms with Crippen molar-refractivity contribution >= 4 is 12.3 Å². The molecule has 0 aliphatic carbocycles. The van der Waals surface area contributed by atoms with Gasteiger partial charge in [-0.2, -0.15) is 0 Å². The van der Waals surface area contributed by atoms with Crippen LogP contribution in [0.1, 0.15) is 19.8 Å². The Kier molecular flexibility index (Phi) is 5.86. The number of nitrogens with one attached hydrogen (secondary N) is 1. The van der Waals surface area contributed by atoms with Crippen molar-refractivity contribution in [2.75, 3.05) is 33.9 Å². The summed E-state index contributed by atoms with van der Waals surface area (Å²) in [6, 6.07) is 0. The Morgan fingerprint density at radius 2 is 2.26 bits per heavy atom.